The van der Waals surface area contributed by atoms with Crippen LogP contribution >= 0.6 is 0 Å². The van der Waals surface area contributed by atoms with E-state index < -0.39 is 0 Å². The minimum atomic E-state index is 0.583. The van der Waals surface area contributed by atoms with Crippen LogP contribution in [0.25, 0.3) is 5.65 Å². The normalized spacial score (nSPS) is 10.8. The molecular formula is C7H9N5. The Morgan fingerprint density at radius 2 is 2.42 bits per heavy atom. The molecule has 2 aromatic heterocycles. The predicted octanol–water partition coefficient (Wildman–Crippen LogP) is -0.375. The minimum absolute atomic E-state index is 0.583. The van der Waals surface area contributed by atoms with Crippen LogP contribution in [0.5, 0.6) is 0 Å². The van der Waals surface area contributed by atoms with Crippen LogP contribution in [0.1, 0.15) is 5.69 Å². The van der Waals surface area contributed by atoms with Gasteiger partial charge in [0.1, 0.15) is 6.33 Å². The number of nitrogens with zero attached hydrogens (tertiary/aromatic N) is 4. The number of rotatable bonds is 2. The second-order valence-electron chi connectivity index (χ2n) is 2.47. The Morgan fingerprint density at radius 1 is 1.50 bits per heavy atom. The van der Waals surface area contributed by atoms with Crippen LogP contribution in [0.15, 0.2) is 18.7 Å². The number of fused-ring (bicyclic) bond motifs is 1. The summed E-state index contributed by atoms with van der Waals surface area (Å²) in [7, 11) is 0. The van der Waals surface area contributed by atoms with Gasteiger partial charge in [-0.05, 0) is 6.54 Å². The van der Waals surface area contributed by atoms with Gasteiger partial charge in [-0.25, -0.2) is 0 Å². The number of aromatic nitrogens is 4. The maximum atomic E-state index is 5.42. The van der Waals surface area contributed by atoms with Gasteiger partial charge in [0.25, 0.3) is 0 Å². The molecule has 0 atom stereocenters. The predicted molar refractivity (Wildman–Crippen MR) is 43.5 cm³/mol. The Labute approximate surface area is 69.2 Å². The lowest BCUT2D eigenvalue weighted by Gasteiger charge is -1.97. The van der Waals surface area contributed by atoms with Crippen LogP contribution in [0, 0.1) is 0 Å². The zero-order valence-electron chi connectivity index (χ0n) is 6.51. The molecule has 2 heterocycles. The second-order valence-corrected chi connectivity index (χ2v) is 2.47. The summed E-state index contributed by atoms with van der Waals surface area (Å²) < 4.78 is 1.83. The molecule has 2 rings (SSSR count). The first kappa shape index (κ1) is 7.17. The Morgan fingerprint density at radius 3 is 3.25 bits per heavy atom. The van der Waals surface area contributed by atoms with Crippen molar-refractivity contribution in [1.29, 1.82) is 0 Å². The van der Waals surface area contributed by atoms with Gasteiger partial charge in [0.05, 0.1) is 5.69 Å². The third-order valence-electron chi connectivity index (χ3n) is 1.67. The molecule has 5 nitrogen and oxygen atoms in total. The summed E-state index contributed by atoms with van der Waals surface area (Å²) in [5, 5.41) is 7.71. The van der Waals surface area contributed by atoms with Crippen molar-refractivity contribution < 1.29 is 0 Å². The third kappa shape index (κ3) is 1.04. The fourth-order valence-corrected chi connectivity index (χ4v) is 1.12. The van der Waals surface area contributed by atoms with Crippen LogP contribution in [-0.2, 0) is 6.42 Å². The van der Waals surface area contributed by atoms with E-state index in [1.165, 1.54) is 0 Å². The second kappa shape index (κ2) is 2.86. The Balaban J connectivity index is 2.57. The summed E-state index contributed by atoms with van der Waals surface area (Å²) in [6.45, 7) is 0.583. The van der Waals surface area contributed by atoms with E-state index >= 15 is 0 Å². The highest BCUT2D eigenvalue weighted by Gasteiger charge is 2.02. The third-order valence-corrected chi connectivity index (χ3v) is 1.67. The van der Waals surface area contributed by atoms with Gasteiger partial charge in [-0.2, -0.15) is 0 Å². The molecule has 0 amide bonds. The molecule has 62 valence electrons. The van der Waals surface area contributed by atoms with Gasteiger partial charge in [0.15, 0.2) is 5.65 Å². The van der Waals surface area contributed by atoms with Gasteiger partial charge in [-0.1, -0.05) is 0 Å². The largest absolute Gasteiger partial charge is 0.330 e. The molecule has 0 fully saturated rings. The van der Waals surface area contributed by atoms with Crippen molar-refractivity contribution in [1.82, 2.24) is 19.6 Å². The summed E-state index contributed by atoms with van der Waals surface area (Å²) in [6.07, 6.45) is 5.93. The van der Waals surface area contributed by atoms with Crippen LogP contribution in [0.3, 0.4) is 0 Å². The number of nitrogens with two attached hydrogens (primary N) is 1. The topological polar surface area (TPSA) is 69.1 Å². The molecule has 0 spiro atoms. The highest BCUT2D eigenvalue weighted by atomic mass is 15.2. The van der Waals surface area contributed by atoms with Gasteiger partial charge in [-0.3, -0.25) is 9.38 Å². The molecule has 0 bridgehead atoms. The van der Waals surface area contributed by atoms with Gasteiger partial charge in [0.2, 0.25) is 0 Å². The summed E-state index contributed by atoms with van der Waals surface area (Å²) in [6, 6.07) is 0. The average Bonchev–Trinajstić information content (AvgIpc) is 2.53. The average molecular weight is 163 g/mol. The fourth-order valence-electron chi connectivity index (χ4n) is 1.12. The molecule has 2 aromatic rings. The summed E-state index contributed by atoms with van der Waals surface area (Å²) in [5.41, 5.74) is 7.12. The van der Waals surface area contributed by atoms with Gasteiger partial charge in [-0.15, -0.1) is 10.2 Å². The van der Waals surface area contributed by atoms with E-state index in [1.54, 1.807) is 12.5 Å². The Hall–Kier alpha value is -1.49. The standard InChI is InChI=1S/C7H9N5/c8-2-1-6-7-11-10-5-12(7)4-3-9-6/h3-5H,1-2,8H2. The zero-order chi connectivity index (χ0) is 8.39. The zero-order valence-corrected chi connectivity index (χ0v) is 6.51. The first-order valence-electron chi connectivity index (χ1n) is 3.75. The van der Waals surface area contributed by atoms with Crippen molar-refractivity contribution in [3.63, 3.8) is 0 Å². The van der Waals surface area contributed by atoms with Crippen LogP contribution in [-0.4, -0.2) is 26.1 Å². The van der Waals surface area contributed by atoms with Crippen molar-refractivity contribution >= 4 is 5.65 Å². The van der Waals surface area contributed by atoms with Crippen LogP contribution in [0.2, 0.25) is 0 Å². The number of hydrogen-bond acceptors (Lipinski definition) is 4. The molecule has 0 saturated carbocycles. The highest BCUT2D eigenvalue weighted by molar-refractivity contribution is 5.41. The molecule has 0 aliphatic carbocycles. The van der Waals surface area contributed by atoms with E-state index in [1.807, 2.05) is 10.6 Å². The molecule has 0 aromatic carbocycles. The molecule has 2 N–H and O–H groups in total. The SMILES string of the molecule is NCCc1nccn2cnnc12. The molecule has 0 aliphatic rings. The van der Waals surface area contributed by atoms with E-state index in [9.17, 15) is 0 Å². The highest BCUT2D eigenvalue weighted by Crippen LogP contribution is 2.02. The lowest BCUT2D eigenvalue weighted by molar-refractivity contribution is 0.909. The quantitative estimate of drug-likeness (QED) is 0.655. The summed E-state index contributed by atoms with van der Waals surface area (Å²) in [4.78, 5) is 4.17. The van der Waals surface area contributed by atoms with E-state index in [2.05, 4.69) is 15.2 Å². The van der Waals surface area contributed by atoms with Crippen molar-refractivity contribution in [3.8, 4) is 0 Å². The number of hydrogen-bond donors (Lipinski definition) is 1. The van der Waals surface area contributed by atoms with E-state index in [0.29, 0.717) is 6.54 Å². The molecule has 5 heteroatoms. The molecule has 0 radical (unpaired) electrons. The molecule has 0 aliphatic heterocycles. The summed E-state index contributed by atoms with van der Waals surface area (Å²) in [5.74, 6) is 0. The maximum Gasteiger partial charge on any atom is 0.182 e. The maximum absolute atomic E-state index is 5.42. The van der Waals surface area contributed by atoms with Crippen molar-refractivity contribution in [2.45, 2.75) is 6.42 Å². The minimum Gasteiger partial charge on any atom is -0.330 e. The van der Waals surface area contributed by atoms with E-state index in [4.69, 9.17) is 5.73 Å². The van der Waals surface area contributed by atoms with Crippen molar-refractivity contribution in [2.24, 2.45) is 5.73 Å². The van der Waals surface area contributed by atoms with Crippen LogP contribution in [0.4, 0.5) is 0 Å². The molecule has 0 saturated heterocycles. The lowest BCUT2D eigenvalue weighted by Crippen LogP contribution is -2.06. The smallest absolute Gasteiger partial charge is 0.182 e. The van der Waals surface area contributed by atoms with Gasteiger partial charge >= 0.3 is 0 Å². The van der Waals surface area contributed by atoms with Gasteiger partial charge in [0, 0.05) is 18.8 Å². The summed E-state index contributed by atoms with van der Waals surface area (Å²) >= 11 is 0. The first-order chi connectivity index (χ1) is 5.92. The first-order valence-corrected chi connectivity index (χ1v) is 3.75. The van der Waals surface area contributed by atoms with E-state index in [-0.39, 0.29) is 0 Å². The molecule has 12 heavy (non-hydrogen) atoms. The monoisotopic (exact) mass is 163 g/mol. The van der Waals surface area contributed by atoms with Crippen molar-refractivity contribution in [2.75, 3.05) is 6.54 Å². The molecule has 0 unspecified atom stereocenters. The fraction of sp³-hybridized carbons (Fsp3) is 0.286. The van der Waals surface area contributed by atoms with E-state index in [0.717, 1.165) is 17.8 Å². The Bertz CT molecular complexity index is 380. The van der Waals surface area contributed by atoms with Crippen LogP contribution < -0.4 is 5.73 Å². The Kier molecular flexibility index (Phi) is 1.71. The van der Waals surface area contributed by atoms with Gasteiger partial charge < -0.3 is 5.73 Å². The lowest BCUT2D eigenvalue weighted by atomic mass is 10.3. The molecular weight excluding hydrogens is 154 g/mol. The van der Waals surface area contributed by atoms with Crippen molar-refractivity contribution in [3.05, 3.63) is 24.4 Å².